The predicted octanol–water partition coefficient (Wildman–Crippen LogP) is 3.28. The maximum Gasteiger partial charge on any atom is 0.481 e. The third kappa shape index (κ3) is 2.35. The Hall–Kier alpha value is -1.60. The normalized spacial score (nSPS) is 38.3. The average molecular weight is 386 g/mol. The number of halogens is 1. The molecule has 2 aliphatic heterocycles. The van der Waals surface area contributed by atoms with Crippen LogP contribution in [0.1, 0.15) is 56.8 Å². The highest BCUT2D eigenvalue weighted by Crippen LogP contribution is 2.65. The lowest BCUT2D eigenvalue weighted by molar-refractivity contribution is -0.199. The van der Waals surface area contributed by atoms with Crippen LogP contribution < -0.4 is 5.73 Å². The van der Waals surface area contributed by atoms with Crippen molar-refractivity contribution in [3.63, 3.8) is 0 Å². The van der Waals surface area contributed by atoms with Crippen LogP contribution in [0, 0.1) is 23.1 Å². The zero-order chi connectivity index (χ0) is 19.8. The first-order valence-electron chi connectivity index (χ1n) is 10.4. The largest absolute Gasteiger partial charge is 0.481 e. The number of anilines is 1. The van der Waals surface area contributed by atoms with Crippen LogP contribution >= 0.6 is 0 Å². The molecule has 1 aromatic carbocycles. The first-order chi connectivity index (χ1) is 13.2. The monoisotopic (exact) mass is 386 g/mol. The summed E-state index contributed by atoms with van der Waals surface area (Å²) in [6, 6.07) is 4.36. The molecular weight excluding hydrogens is 358 g/mol. The van der Waals surface area contributed by atoms with Crippen LogP contribution in [-0.4, -0.2) is 42.1 Å². The van der Waals surface area contributed by atoms with Crippen molar-refractivity contribution in [3.8, 4) is 0 Å². The second kappa shape index (κ2) is 5.96. The Morgan fingerprint density at radius 1 is 1.32 bits per heavy atom. The molecule has 6 rings (SSSR count). The maximum atomic E-state index is 14.3. The second-order valence-corrected chi connectivity index (χ2v) is 9.75. The molecule has 1 aromatic rings. The van der Waals surface area contributed by atoms with Gasteiger partial charge in [-0.15, -0.1) is 0 Å². The molecule has 5 atom stereocenters. The molecule has 0 aromatic heterocycles. The fourth-order valence-corrected chi connectivity index (χ4v) is 6.30. The van der Waals surface area contributed by atoms with E-state index in [9.17, 15) is 9.18 Å². The highest BCUT2D eigenvalue weighted by Gasteiger charge is 2.69. The zero-order valence-electron chi connectivity index (χ0n) is 16.8. The molecule has 3 aliphatic carbocycles. The van der Waals surface area contributed by atoms with Gasteiger partial charge >= 0.3 is 7.12 Å². The van der Waals surface area contributed by atoms with Gasteiger partial charge in [-0.05, 0) is 62.0 Å². The molecular formula is C21H28BFN2O3. The first-order valence-corrected chi connectivity index (χ1v) is 10.4. The van der Waals surface area contributed by atoms with Crippen molar-refractivity contribution < 1.29 is 18.5 Å². The number of benzene rings is 1. The standard InChI is InChI=1S/C21H28BFN2O3/c1-20(2)12-10-15(20)21(3)16(11-12)27-22(28-21)17-8-5-9-25(17)19(26)18-13(23)6-4-7-14(18)24/h4,6-7,12,15-17H,5,8-11,24H2,1-3H3. The molecule has 5 unspecified atom stereocenters. The minimum Gasteiger partial charge on any atom is -0.404 e. The van der Waals surface area contributed by atoms with Crippen LogP contribution in [0.3, 0.4) is 0 Å². The van der Waals surface area contributed by atoms with Crippen LogP contribution in [0.4, 0.5) is 10.1 Å². The Labute approximate surface area is 165 Å². The van der Waals surface area contributed by atoms with Crippen LogP contribution in [0.2, 0.25) is 0 Å². The van der Waals surface area contributed by atoms with E-state index >= 15 is 0 Å². The van der Waals surface area contributed by atoms with Crippen molar-refractivity contribution in [2.75, 3.05) is 12.3 Å². The average Bonchev–Trinajstić information content (AvgIpc) is 3.24. The van der Waals surface area contributed by atoms with E-state index in [4.69, 9.17) is 15.0 Å². The number of nitrogens with zero attached hydrogens (tertiary/aromatic N) is 1. The molecule has 28 heavy (non-hydrogen) atoms. The van der Waals surface area contributed by atoms with Crippen LogP contribution in [0.25, 0.3) is 0 Å². The van der Waals surface area contributed by atoms with Gasteiger partial charge < -0.3 is 19.9 Å². The quantitative estimate of drug-likeness (QED) is 0.626. The van der Waals surface area contributed by atoms with Crippen molar-refractivity contribution in [1.82, 2.24) is 4.90 Å². The Kier molecular flexibility index (Phi) is 3.92. The third-order valence-electron chi connectivity index (χ3n) is 8.10. The molecule has 3 saturated carbocycles. The van der Waals surface area contributed by atoms with Gasteiger partial charge in [0.25, 0.3) is 5.91 Å². The molecule has 7 heteroatoms. The molecule has 0 spiro atoms. The Bertz CT molecular complexity index is 814. The Morgan fingerprint density at radius 2 is 2.11 bits per heavy atom. The van der Waals surface area contributed by atoms with Gasteiger partial charge in [0.1, 0.15) is 5.82 Å². The van der Waals surface area contributed by atoms with E-state index in [1.54, 1.807) is 11.0 Å². The van der Waals surface area contributed by atoms with Crippen LogP contribution in [0.5, 0.6) is 0 Å². The molecule has 1 amide bonds. The molecule has 2 bridgehead atoms. The van der Waals surface area contributed by atoms with Crippen LogP contribution in [-0.2, 0) is 9.31 Å². The van der Waals surface area contributed by atoms with Gasteiger partial charge in [0.2, 0.25) is 0 Å². The molecule has 5 aliphatic rings. The van der Waals surface area contributed by atoms with Gasteiger partial charge in [0, 0.05) is 12.2 Å². The molecule has 2 saturated heterocycles. The van der Waals surface area contributed by atoms with Gasteiger partial charge in [-0.2, -0.15) is 0 Å². The number of hydrogen-bond acceptors (Lipinski definition) is 4. The van der Waals surface area contributed by atoms with Crippen LogP contribution in [0.15, 0.2) is 18.2 Å². The van der Waals surface area contributed by atoms with E-state index in [1.807, 2.05) is 0 Å². The van der Waals surface area contributed by atoms with E-state index in [0.717, 1.165) is 19.3 Å². The van der Waals surface area contributed by atoms with Crippen molar-refractivity contribution in [2.45, 2.75) is 64.1 Å². The van der Waals surface area contributed by atoms with E-state index < -0.39 is 12.9 Å². The summed E-state index contributed by atoms with van der Waals surface area (Å²) in [5.74, 6) is 0.00952. The van der Waals surface area contributed by atoms with Gasteiger partial charge in [0.15, 0.2) is 0 Å². The van der Waals surface area contributed by atoms with E-state index in [0.29, 0.717) is 18.4 Å². The summed E-state index contributed by atoms with van der Waals surface area (Å²) >= 11 is 0. The molecule has 5 nitrogen and oxygen atoms in total. The summed E-state index contributed by atoms with van der Waals surface area (Å²) in [7, 11) is -0.454. The predicted molar refractivity (Wildman–Crippen MR) is 105 cm³/mol. The Balaban J connectivity index is 1.39. The van der Waals surface area contributed by atoms with Crippen molar-refractivity contribution >= 4 is 18.7 Å². The smallest absolute Gasteiger partial charge is 0.404 e. The number of amides is 1. The maximum absolute atomic E-state index is 14.3. The molecule has 150 valence electrons. The molecule has 2 heterocycles. The number of likely N-dealkylation sites (tertiary alicyclic amines) is 1. The molecule has 2 N–H and O–H groups in total. The van der Waals surface area contributed by atoms with Crippen molar-refractivity contribution in [3.05, 3.63) is 29.6 Å². The van der Waals surface area contributed by atoms with Gasteiger partial charge in [0.05, 0.1) is 23.2 Å². The lowest BCUT2D eigenvalue weighted by atomic mass is 9.43. The number of carbonyl (C=O) groups is 1. The summed E-state index contributed by atoms with van der Waals surface area (Å²) in [5, 5.41) is 0. The number of nitrogens with two attached hydrogens (primary N) is 1. The van der Waals surface area contributed by atoms with Crippen molar-refractivity contribution in [1.29, 1.82) is 0 Å². The summed E-state index contributed by atoms with van der Waals surface area (Å²) in [5.41, 5.74) is 6.01. The topological polar surface area (TPSA) is 64.8 Å². The number of hydrogen-bond donors (Lipinski definition) is 1. The fourth-order valence-electron chi connectivity index (χ4n) is 6.30. The zero-order valence-corrected chi connectivity index (χ0v) is 16.8. The third-order valence-corrected chi connectivity index (χ3v) is 8.10. The minimum atomic E-state index is -0.577. The number of nitrogen functional groups attached to an aromatic ring is 1. The fraction of sp³-hybridized carbons (Fsp3) is 0.667. The van der Waals surface area contributed by atoms with Crippen molar-refractivity contribution in [2.24, 2.45) is 17.3 Å². The minimum absolute atomic E-state index is 0.0422. The number of carbonyl (C=O) groups excluding carboxylic acids is 1. The number of rotatable bonds is 2. The first kappa shape index (κ1) is 18.4. The SMILES string of the molecule is CC1(C)C2CC3OB(C4CCCN4C(=O)c4c(N)cccc4F)OC3(C)C1C2. The van der Waals surface area contributed by atoms with E-state index in [1.165, 1.54) is 18.6 Å². The summed E-state index contributed by atoms with van der Waals surface area (Å²) in [6.07, 6.45) is 3.93. The van der Waals surface area contributed by atoms with E-state index in [-0.39, 0.29) is 40.2 Å². The highest BCUT2D eigenvalue weighted by molar-refractivity contribution is 6.48. The second-order valence-electron chi connectivity index (χ2n) is 9.75. The lowest BCUT2D eigenvalue weighted by Crippen LogP contribution is -2.65. The summed E-state index contributed by atoms with van der Waals surface area (Å²) in [4.78, 5) is 14.8. The molecule has 5 fully saturated rings. The molecule has 0 radical (unpaired) electrons. The summed E-state index contributed by atoms with van der Waals surface area (Å²) in [6.45, 7) is 7.40. The van der Waals surface area contributed by atoms with E-state index in [2.05, 4.69) is 20.8 Å². The highest BCUT2D eigenvalue weighted by atomic mass is 19.1. The van der Waals surface area contributed by atoms with Gasteiger partial charge in [-0.3, -0.25) is 4.79 Å². The van der Waals surface area contributed by atoms with Gasteiger partial charge in [-0.1, -0.05) is 19.9 Å². The van der Waals surface area contributed by atoms with Gasteiger partial charge in [-0.25, -0.2) is 4.39 Å². The lowest BCUT2D eigenvalue weighted by Gasteiger charge is -2.64. The summed E-state index contributed by atoms with van der Waals surface area (Å²) < 4.78 is 27.3. The Morgan fingerprint density at radius 3 is 2.82 bits per heavy atom.